The molecule has 0 spiro atoms. The first-order valence-corrected chi connectivity index (χ1v) is 7.21. The average molecular weight is 313 g/mol. The highest BCUT2D eigenvalue weighted by Crippen LogP contribution is 2.27. The lowest BCUT2D eigenvalue weighted by atomic mass is 10.1. The van der Waals surface area contributed by atoms with E-state index in [2.05, 4.69) is 20.2 Å². The van der Waals surface area contributed by atoms with Gasteiger partial charge >= 0.3 is 6.09 Å². The molecule has 9 heteroatoms. The number of rotatable bonds is 2. The number of carboxylic acid groups (broad SMARTS) is 1. The summed E-state index contributed by atoms with van der Waals surface area (Å²) >= 11 is 0. The minimum Gasteiger partial charge on any atom is -0.465 e. The van der Waals surface area contributed by atoms with Gasteiger partial charge in [0.15, 0.2) is 11.5 Å². The summed E-state index contributed by atoms with van der Waals surface area (Å²) < 4.78 is 1.87. The normalized spacial score (nSPS) is 15.1. The Bertz CT molecular complexity index is 916. The van der Waals surface area contributed by atoms with Crippen LogP contribution in [0.25, 0.3) is 16.8 Å². The Kier molecular flexibility index (Phi) is 2.83. The van der Waals surface area contributed by atoms with Crippen LogP contribution >= 0.6 is 0 Å². The van der Waals surface area contributed by atoms with Gasteiger partial charge in [-0.1, -0.05) is 0 Å². The number of aromatic nitrogens is 5. The number of hydrogen-bond donors (Lipinski definition) is 1. The Balaban J connectivity index is 1.75. The summed E-state index contributed by atoms with van der Waals surface area (Å²) in [6.07, 6.45) is 2.49. The standard InChI is InChI=1S/C14H15N7O2/c1-8-3-10-11(15-4-8)17-12(13-18-16-7-21(10)13)20-5-9(6-20)19(2)14(22)23/h3-4,7,9H,5-6H2,1-2H3,(H,22,23). The molecule has 1 aliphatic heterocycles. The van der Waals surface area contributed by atoms with Gasteiger partial charge in [0.05, 0.1) is 11.6 Å². The maximum atomic E-state index is 11.0. The number of nitrogens with zero attached hydrogens (tertiary/aromatic N) is 7. The molecule has 3 aromatic heterocycles. The molecule has 1 N–H and O–H groups in total. The van der Waals surface area contributed by atoms with E-state index < -0.39 is 6.09 Å². The van der Waals surface area contributed by atoms with Crippen molar-refractivity contribution in [3.63, 3.8) is 0 Å². The Hall–Kier alpha value is -2.97. The molecule has 0 unspecified atom stereocenters. The monoisotopic (exact) mass is 313 g/mol. The van der Waals surface area contributed by atoms with Gasteiger partial charge in [-0.15, -0.1) is 10.2 Å². The van der Waals surface area contributed by atoms with Gasteiger partial charge in [-0.3, -0.25) is 4.40 Å². The van der Waals surface area contributed by atoms with Crippen molar-refractivity contribution in [1.29, 1.82) is 0 Å². The first kappa shape index (κ1) is 13.7. The van der Waals surface area contributed by atoms with E-state index in [0.29, 0.717) is 30.2 Å². The largest absolute Gasteiger partial charge is 0.465 e. The lowest BCUT2D eigenvalue weighted by Crippen LogP contribution is -2.60. The van der Waals surface area contributed by atoms with Crippen LogP contribution in [0.15, 0.2) is 18.6 Å². The topological polar surface area (TPSA) is 99.8 Å². The number of likely N-dealkylation sites (N-methyl/N-ethyl adjacent to an activating group) is 1. The highest BCUT2D eigenvalue weighted by atomic mass is 16.4. The smallest absolute Gasteiger partial charge is 0.407 e. The Morgan fingerprint density at radius 1 is 1.43 bits per heavy atom. The predicted molar refractivity (Wildman–Crippen MR) is 82.6 cm³/mol. The van der Waals surface area contributed by atoms with Crippen molar-refractivity contribution in [1.82, 2.24) is 29.5 Å². The van der Waals surface area contributed by atoms with Crippen molar-refractivity contribution in [3.05, 3.63) is 24.2 Å². The van der Waals surface area contributed by atoms with E-state index in [9.17, 15) is 4.79 Å². The van der Waals surface area contributed by atoms with Crippen LogP contribution in [0.3, 0.4) is 0 Å². The number of hydrogen-bond acceptors (Lipinski definition) is 6. The van der Waals surface area contributed by atoms with Gasteiger partial charge < -0.3 is 14.9 Å². The molecule has 1 amide bonds. The molecule has 4 rings (SSSR count). The van der Waals surface area contributed by atoms with E-state index in [1.807, 2.05) is 22.3 Å². The lowest BCUT2D eigenvalue weighted by molar-refractivity contribution is 0.130. The second-order valence-electron chi connectivity index (χ2n) is 5.77. The van der Waals surface area contributed by atoms with Crippen molar-refractivity contribution >= 4 is 28.7 Å². The highest BCUT2D eigenvalue weighted by Gasteiger charge is 2.35. The van der Waals surface area contributed by atoms with E-state index in [1.54, 1.807) is 19.6 Å². The van der Waals surface area contributed by atoms with Crippen molar-refractivity contribution in [3.8, 4) is 0 Å². The summed E-state index contributed by atoms with van der Waals surface area (Å²) in [4.78, 5) is 23.3. The number of pyridine rings is 1. The van der Waals surface area contributed by atoms with E-state index in [-0.39, 0.29) is 6.04 Å². The van der Waals surface area contributed by atoms with Crippen LogP contribution in [-0.4, -0.2) is 66.8 Å². The fourth-order valence-electron chi connectivity index (χ4n) is 2.77. The Morgan fingerprint density at radius 3 is 2.96 bits per heavy atom. The maximum Gasteiger partial charge on any atom is 0.407 e. The second-order valence-corrected chi connectivity index (χ2v) is 5.77. The summed E-state index contributed by atoms with van der Waals surface area (Å²) in [6, 6.07) is 1.95. The van der Waals surface area contributed by atoms with Crippen LogP contribution < -0.4 is 4.90 Å². The van der Waals surface area contributed by atoms with Crippen LogP contribution in [0, 0.1) is 6.92 Å². The molecule has 1 aliphatic rings. The zero-order valence-electron chi connectivity index (χ0n) is 12.7. The zero-order chi connectivity index (χ0) is 16.1. The molecule has 4 heterocycles. The first-order chi connectivity index (χ1) is 11.0. The molecule has 3 aromatic rings. The summed E-state index contributed by atoms with van der Waals surface area (Å²) in [5, 5.41) is 17.2. The lowest BCUT2D eigenvalue weighted by Gasteiger charge is -2.43. The molecule has 0 atom stereocenters. The summed E-state index contributed by atoms with van der Waals surface area (Å²) in [7, 11) is 1.58. The van der Waals surface area contributed by atoms with Gasteiger partial charge in [0, 0.05) is 26.3 Å². The van der Waals surface area contributed by atoms with Gasteiger partial charge in [-0.05, 0) is 18.6 Å². The third-order valence-corrected chi connectivity index (χ3v) is 4.21. The van der Waals surface area contributed by atoms with Gasteiger partial charge in [-0.2, -0.15) is 0 Å². The SMILES string of the molecule is Cc1cnc2nc(N3CC(N(C)C(=O)O)C3)c3nncn3c2c1. The van der Waals surface area contributed by atoms with Crippen LogP contribution in [0.2, 0.25) is 0 Å². The van der Waals surface area contributed by atoms with Crippen molar-refractivity contribution in [2.75, 3.05) is 25.0 Å². The predicted octanol–water partition coefficient (Wildman–Crippen LogP) is 0.779. The van der Waals surface area contributed by atoms with Crippen LogP contribution in [0.5, 0.6) is 0 Å². The van der Waals surface area contributed by atoms with Crippen LogP contribution in [-0.2, 0) is 0 Å². The Labute approximate surface area is 131 Å². The molecule has 118 valence electrons. The zero-order valence-corrected chi connectivity index (χ0v) is 12.7. The van der Waals surface area contributed by atoms with E-state index >= 15 is 0 Å². The molecule has 1 saturated heterocycles. The number of amides is 1. The van der Waals surface area contributed by atoms with E-state index in [0.717, 1.165) is 11.1 Å². The third-order valence-electron chi connectivity index (χ3n) is 4.21. The van der Waals surface area contributed by atoms with Crippen molar-refractivity contribution < 1.29 is 9.90 Å². The molecule has 23 heavy (non-hydrogen) atoms. The van der Waals surface area contributed by atoms with Crippen molar-refractivity contribution in [2.24, 2.45) is 0 Å². The molecule has 1 fully saturated rings. The molecule has 0 aromatic carbocycles. The molecule has 0 bridgehead atoms. The summed E-state index contributed by atoms with van der Waals surface area (Å²) in [5.74, 6) is 0.682. The molecule has 0 radical (unpaired) electrons. The fourth-order valence-corrected chi connectivity index (χ4v) is 2.77. The van der Waals surface area contributed by atoms with Crippen LogP contribution in [0.1, 0.15) is 5.56 Å². The Morgan fingerprint density at radius 2 is 2.22 bits per heavy atom. The molecule has 0 saturated carbocycles. The molecular formula is C14H15N7O2. The van der Waals surface area contributed by atoms with E-state index in [1.165, 1.54) is 4.90 Å². The van der Waals surface area contributed by atoms with Gasteiger partial charge in [-0.25, -0.2) is 14.8 Å². The number of anilines is 1. The maximum absolute atomic E-state index is 11.0. The minimum absolute atomic E-state index is 0.0426. The highest BCUT2D eigenvalue weighted by molar-refractivity contribution is 5.81. The van der Waals surface area contributed by atoms with Gasteiger partial charge in [0.25, 0.3) is 0 Å². The second kappa shape index (κ2) is 4.77. The van der Waals surface area contributed by atoms with Gasteiger partial charge in [0.2, 0.25) is 5.65 Å². The average Bonchev–Trinajstić information content (AvgIpc) is 2.95. The molecule has 9 nitrogen and oxygen atoms in total. The minimum atomic E-state index is -0.925. The van der Waals surface area contributed by atoms with Gasteiger partial charge in [0.1, 0.15) is 6.33 Å². The number of aryl methyl sites for hydroxylation is 1. The summed E-state index contributed by atoms with van der Waals surface area (Å²) in [6.45, 7) is 3.13. The quantitative estimate of drug-likeness (QED) is 0.746. The fraction of sp³-hybridized carbons (Fsp3) is 0.357. The molecule has 0 aliphatic carbocycles. The third kappa shape index (κ3) is 2.04. The summed E-state index contributed by atoms with van der Waals surface area (Å²) in [5.41, 5.74) is 3.16. The molecular weight excluding hydrogens is 298 g/mol. The van der Waals surface area contributed by atoms with Crippen LogP contribution in [0.4, 0.5) is 10.6 Å². The van der Waals surface area contributed by atoms with E-state index in [4.69, 9.17) is 5.11 Å². The number of carbonyl (C=O) groups is 1. The van der Waals surface area contributed by atoms with Crippen molar-refractivity contribution in [2.45, 2.75) is 13.0 Å². The first-order valence-electron chi connectivity index (χ1n) is 7.21. The number of fused-ring (bicyclic) bond motifs is 3.